The fraction of sp³-hybridized carbons (Fsp3) is 0. The zero-order valence-corrected chi connectivity index (χ0v) is 34.3. The van der Waals surface area contributed by atoms with Gasteiger partial charge >= 0.3 is 0 Å². The molecule has 3 heterocycles. The van der Waals surface area contributed by atoms with Crippen LogP contribution in [0.3, 0.4) is 0 Å². The Balaban J connectivity index is 0.945. The zero-order valence-electron chi connectivity index (χ0n) is 33.5. The van der Waals surface area contributed by atoms with Gasteiger partial charge in [0.2, 0.25) is 0 Å². The molecule has 10 aromatic carbocycles. The summed E-state index contributed by atoms with van der Waals surface area (Å²) in [5, 5.41) is 9.90. The second kappa shape index (κ2) is 13.8. The number of anilines is 3. The Morgan fingerprint density at radius 2 is 1.08 bits per heavy atom. The normalized spacial score (nSPS) is 11.9. The van der Waals surface area contributed by atoms with Crippen LogP contribution in [0.5, 0.6) is 0 Å². The molecule has 0 bridgehead atoms. The van der Waals surface area contributed by atoms with Crippen LogP contribution in [0.15, 0.2) is 223 Å². The Kier molecular flexibility index (Phi) is 7.78. The lowest BCUT2D eigenvalue weighted by atomic mass is 10.00. The lowest BCUT2D eigenvalue weighted by Gasteiger charge is -2.26. The van der Waals surface area contributed by atoms with Crippen molar-refractivity contribution in [2.45, 2.75) is 0 Å². The first-order valence-electron chi connectivity index (χ1n) is 21.1. The van der Waals surface area contributed by atoms with E-state index in [1.165, 1.54) is 58.3 Å². The summed E-state index contributed by atoms with van der Waals surface area (Å²) in [4.78, 5) is 2.34. The van der Waals surface area contributed by atoms with Crippen molar-refractivity contribution >= 4 is 103 Å². The first-order chi connectivity index (χ1) is 30.7. The van der Waals surface area contributed by atoms with E-state index in [4.69, 9.17) is 4.42 Å². The van der Waals surface area contributed by atoms with Crippen LogP contribution in [-0.2, 0) is 0 Å². The third kappa shape index (κ3) is 5.44. The van der Waals surface area contributed by atoms with Gasteiger partial charge in [0, 0.05) is 75.4 Å². The number of hydrogen-bond donors (Lipinski definition) is 0. The number of rotatable bonds is 6. The van der Waals surface area contributed by atoms with E-state index in [9.17, 15) is 0 Å². The highest BCUT2D eigenvalue weighted by molar-refractivity contribution is 7.25. The number of para-hydroxylation sites is 4. The fourth-order valence-electron chi connectivity index (χ4n) is 9.69. The molecule has 0 aliphatic carbocycles. The largest absolute Gasteiger partial charge is 0.455 e. The van der Waals surface area contributed by atoms with Crippen LogP contribution in [0.25, 0.3) is 103 Å². The van der Waals surface area contributed by atoms with E-state index in [0.29, 0.717) is 0 Å². The minimum Gasteiger partial charge on any atom is -0.455 e. The molecular formula is C58H36N2OS. The molecule has 4 heteroatoms. The maximum atomic E-state index is 6.42. The average molecular weight is 809 g/mol. The van der Waals surface area contributed by atoms with Crippen LogP contribution in [0.1, 0.15) is 0 Å². The Bertz CT molecular complexity index is 3860. The van der Waals surface area contributed by atoms with E-state index in [1.54, 1.807) is 0 Å². The summed E-state index contributed by atoms with van der Waals surface area (Å²) in [5.74, 6) is 0. The standard InChI is InChI=1S/C58H36N2OS/c1-3-14-41(15-4-1)59(43-29-25-37(26-30-43)45-21-12-22-49-46-19-7-9-23-54(46)61-58(45)49)44-18-11-13-38(33-44)39-28-32-53-51(34-39)48-31-27-40-35-56-52(47-20-8-10-24-55(47)62-56)36-50(40)57(48)60(53)42-16-5-2-6-17-42/h1-36H. The van der Waals surface area contributed by atoms with Crippen LogP contribution in [0, 0.1) is 0 Å². The monoisotopic (exact) mass is 808 g/mol. The van der Waals surface area contributed by atoms with Crippen LogP contribution >= 0.6 is 11.3 Å². The summed E-state index contributed by atoms with van der Waals surface area (Å²) in [6, 6.07) is 79.1. The highest BCUT2D eigenvalue weighted by Crippen LogP contribution is 2.44. The summed E-state index contributed by atoms with van der Waals surface area (Å²) in [6.07, 6.45) is 0. The minimum absolute atomic E-state index is 0.907. The van der Waals surface area contributed by atoms with Crippen LogP contribution in [0.4, 0.5) is 17.1 Å². The highest BCUT2D eigenvalue weighted by Gasteiger charge is 2.19. The van der Waals surface area contributed by atoms with E-state index in [1.807, 2.05) is 23.5 Å². The molecule has 3 aromatic heterocycles. The molecule has 290 valence electrons. The third-order valence-electron chi connectivity index (χ3n) is 12.5. The van der Waals surface area contributed by atoms with Gasteiger partial charge in [0.15, 0.2) is 0 Å². The van der Waals surface area contributed by atoms with Crippen LogP contribution < -0.4 is 4.90 Å². The van der Waals surface area contributed by atoms with Crippen molar-refractivity contribution in [3.05, 3.63) is 218 Å². The summed E-state index contributed by atoms with van der Waals surface area (Å²) < 4.78 is 11.5. The smallest absolute Gasteiger partial charge is 0.143 e. The molecule has 0 unspecified atom stereocenters. The van der Waals surface area contributed by atoms with Gasteiger partial charge in [0.25, 0.3) is 0 Å². The predicted molar refractivity (Wildman–Crippen MR) is 264 cm³/mol. The molecule has 62 heavy (non-hydrogen) atoms. The van der Waals surface area contributed by atoms with Crippen molar-refractivity contribution < 1.29 is 4.42 Å². The van der Waals surface area contributed by atoms with Gasteiger partial charge in [-0.1, -0.05) is 133 Å². The topological polar surface area (TPSA) is 21.3 Å². The number of nitrogens with zero attached hydrogens (tertiary/aromatic N) is 2. The van der Waals surface area contributed by atoms with Gasteiger partial charge in [-0.15, -0.1) is 11.3 Å². The Morgan fingerprint density at radius 3 is 1.95 bits per heavy atom. The summed E-state index contributed by atoms with van der Waals surface area (Å²) in [6.45, 7) is 0. The van der Waals surface area contributed by atoms with Gasteiger partial charge in [0.1, 0.15) is 11.2 Å². The molecule has 13 rings (SSSR count). The Morgan fingerprint density at radius 1 is 0.387 bits per heavy atom. The van der Waals surface area contributed by atoms with Gasteiger partial charge in [-0.2, -0.15) is 0 Å². The van der Waals surface area contributed by atoms with Gasteiger partial charge in [0.05, 0.1) is 11.0 Å². The van der Waals surface area contributed by atoms with Crippen molar-refractivity contribution in [1.82, 2.24) is 4.57 Å². The molecular weight excluding hydrogens is 773 g/mol. The second-order valence-corrected chi connectivity index (χ2v) is 17.2. The van der Waals surface area contributed by atoms with Crippen molar-refractivity contribution in [2.24, 2.45) is 0 Å². The molecule has 0 N–H and O–H groups in total. The van der Waals surface area contributed by atoms with Crippen molar-refractivity contribution in [3.63, 3.8) is 0 Å². The molecule has 13 aromatic rings. The molecule has 0 fully saturated rings. The number of thiophene rings is 1. The lowest BCUT2D eigenvalue weighted by Crippen LogP contribution is -2.09. The molecule has 0 saturated carbocycles. The van der Waals surface area contributed by atoms with Crippen LogP contribution in [-0.4, -0.2) is 4.57 Å². The molecule has 3 nitrogen and oxygen atoms in total. The SMILES string of the molecule is c1ccc(N(c2ccc(-c3cccc4c3oc3ccccc34)cc2)c2cccc(-c3ccc4c(c3)c3ccc5cc6sc7ccccc7c6cc5c3n4-c3ccccc3)c2)cc1. The van der Waals surface area contributed by atoms with Gasteiger partial charge in [-0.3, -0.25) is 0 Å². The van der Waals surface area contributed by atoms with Gasteiger partial charge in [-0.25, -0.2) is 0 Å². The minimum atomic E-state index is 0.907. The molecule has 0 amide bonds. The molecule has 0 aliphatic heterocycles. The number of furan rings is 1. The van der Waals surface area contributed by atoms with Crippen molar-refractivity contribution in [1.29, 1.82) is 0 Å². The van der Waals surface area contributed by atoms with Crippen molar-refractivity contribution in [2.75, 3.05) is 4.90 Å². The average Bonchev–Trinajstić information content (AvgIpc) is 4.01. The van der Waals surface area contributed by atoms with Gasteiger partial charge < -0.3 is 13.9 Å². The quantitative estimate of drug-likeness (QED) is 0.167. The van der Waals surface area contributed by atoms with Crippen molar-refractivity contribution in [3.8, 4) is 27.9 Å². The zero-order chi connectivity index (χ0) is 40.7. The highest BCUT2D eigenvalue weighted by atomic mass is 32.1. The Hall–Kier alpha value is -7.92. The second-order valence-electron chi connectivity index (χ2n) is 16.1. The maximum absolute atomic E-state index is 6.42. The number of benzene rings is 10. The first-order valence-corrected chi connectivity index (χ1v) is 21.9. The van der Waals surface area contributed by atoms with E-state index < -0.39 is 0 Å². The molecule has 0 spiro atoms. The summed E-state index contributed by atoms with van der Waals surface area (Å²) in [5.41, 5.74) is 13.2. The number of fused-ring (bicyclic) bond motifs is 11. The third-order valence-corrected chi connectivity index (χ3v) is 13.7. The molecule has 0 saturated heterocycles. The molecule has 0 aliphatic rings. The predicted octanol–water partition coefficient (Wildman–Crippen LogP) is 17.0. The van der Waals surface area contributed by atoms with E-state index in [2.05, 4.69) is 216 Å². The van der Waals surface area contributed by atoms with E-state index in [0.717, 1.165) is 61.4 Å². The lowest BCUT2D eigenvalue weighted by molar-refractivity contribution is 0.670. The number of hydrogen-bond acceptors (Lipinski definition) is 3. The first kappa shape index (κ1) is 34.9. The van der Waals surface area contributed by atoms with E-state index in [-0.39, 0.29) is 0 Å². The molecule has 0 atom stereocenters. The van der Waals surface area contributed by atoms with E-state index >= 15 is 0 Å². The number of aromatic nitrogens is 1. The maximum Gasteiger partial charge on any atom is 0.143 e. The summed E-state index contributed by atoms with van der Waals surface area (Å²) in [7, 11) is 0. The summed E-state index contributed by atoms with van der Waals surface area (Å²) >= 11 is 1.87. The fourth-order valence-corrected chi connectivity index (χ4v) is 10.8. The van der Waals surface area contributed by atoms with Gasteiger partial charge in [-0.05, 0) is 107 Å². The Labute approximate surface area is 361 Å². The van der Waals surface area contributed by atoms with Crippen LogP contribution in [0.2, 0.25) is 0 Å². The molecule has 0 radical (unpaired) electrons.